The van der Waals surface area contributed by atoms with Crippen LogP contribution < -0.4 is 9.47 Å². The van der Waals surface area contributed by atoms with Crippen LogP contribution in [0.5, 0.6) is 11.5 Å². The molecule has 3 rings (SSSR count). The molecule has 0 unspecified atom stereocenters. The zero-order valence-electron chi connectivity index (χ0n) is 15.0. The van der Waals surface area contributed by atoms with Gasteiger partial charge in [-0.2, -0.15) is 0 Å². The van der Waals surface area contributed by atoms with Crippen LogP contribution in [0.4, 0.5) is 0 Å². The number of ether oxygens (including phenoxy) is 2. The van der Waals surface area contributed by atoms with E-state index in [1.54, 1.807) is 13.0 Å². The molecule has 3 nitrogen and oxygen atoms in total. The molecular formula is C21H22Cl2O3. The van der Waals surface area contributed by atoms with Crippen molar-refractivity contribution in [2.24, 2.45) is 0 Å². The maximum absolute atomic E-state index is 11.8. The van der Waals surface area contributed by atoms with Crippen LogP contribution in [0, 0.1) is 0 Å². The fourth-order valence-corrected chi connectivity index (χ4v) is 3.43. The third-order valence-electron chi connectivity index (χ3n) is 4.55. The van der Waals surface area contributed by atoms with E-state index >= 15 is 0 Å². The molecule has 1 aliphatic carbocycles. The van der Waals surface area contributed by atoms with Crippen LogP contribution in [-0.2, 0) is 17.8 Å². The van der Waals surface area contributed by atoms with Crippen molar-refractivity contribution in [1.29, 1.82) is 0 Å². The van der Waals surface area contributed by atoms with Gasteiger partial charge in [0.25, 0.3) is 0 Å². The number of carbonyl (C=O) groups is 1. The highest BCUT2D eigenvalue weighted by atomic mass is 35.5. The SMILES string of the molecule is CCC(=O)Oc1cccc(C2CC2)c1COc1cc(Cl)c(CC)cc1Cl. The van der Waals surface area contributed by atoms with Gasteiger partial charge < -0.3 is 9.47 Å². The normalized spacial score (nSPS) is 13.5. The highest BCUT2D eigenvalue weighted by molar-refractivity contribution is 6.34. The minimum absolute atomic E-state index is 0.257. The Morgan fingerprint density at radius 3 is 2.54 bits per heavy atom. The summed E-state index contributed by atoms with van der Waals surface area (Å²) in [6.45, 7) is 4.08. The molecule has 5 heteroatoms. The first kappa shape index (κ1) is 19.1. The second-order valence-corrected chi connectivity index (χ2v) is 7.26. The second kappa shape index (κ2) is 8.32. The van der Waals surface area contributed by atoms with Gasteiger partial charge in [-0.1, -0.05) is 49.2 Å². The van der Waals surface area contributed by atoms with Gasteiger partial charge in [0.15, 0.2) is 0 Å². The van der Waals surface area contributed by atoms with E-state index in [0.29, 0.717) is 33.9 Å². The van der Waals surface area contributed by atoms with Crippen molar-refractivity contribution >= 4 is 29.2 Å². The van der Waals surface area contributed by atoms with Gasteiger partial charge in [0, 0.05) is 23.1 Å². The van der Waals surface area contributed by atoms with Crippen LogP contribution >= 0.6 is 23.2 Å². The van der Waals surface area contributed by atoms with Gasteiger partial charge in [-0.25, -0.2) is 0 Å². The van der Waals surface area contributed by atoms with Crippen molar-refractivity contribution in [3.8, 4) is 11.5 Å². The van der Waals surface area contributed by atoms with E-state index in [2.05, 4.69) is 6.07 Å². The molecule has 0 bridgehead atoms. The van der Waals surface area contributed by atoms with Gasteiger partial charge >= 0.3 is 5.97 Å². The molecule has 138 valence electrons. The molecule has 2 aromatic carbocycles. The topological polar surface area (TPSA) is 35.5 Å². The molecular weight excluding hydrogens is 371 g/mol. The summed E-state index contributed by atoms with van der Waals surface area (Å²) in [5, 5.41) is 1.17. The van der Waals surface area contributed by atoms with Gasteiger partial charge in [0.2, 0.25) is 0 Å². The highest BCUT2D eigenvalue weighted by Gasteiger charge is 2.28. The summed E-state index contributed by atoms with van der Waals surface area (Å²) in [6, 6.07) is 9.40. The van der Waals surface area contributed by atoms with Crippen molar-refractivity contribution < 1.29 is 14.3 Å². The largest absolute Gasteiger partial charge is 0.487 e. The predicted molar refractivity (Wildman–Crippen MR) is 105 cm³/mol. The summed E-state index contributed by atoms with van der Waals surface area (Å²) in [5.74, 6) is 1.35. The zero-order chi connectivity index (χ0) is 18.7. The number of rotatable bonds is 7. The van der Waals surface area contributed by atoms with E-state index in [4.69, 9.17) is 32.7 Å². The Morgan fingerprint density at radius 1 is 1.12 bits per heavy atom. The molecule has 0 atom stereocenters. The molecule has 0 N–H and O–H groups in total. The zero-order valence-corrected chi connectivity index (χ0v) is 16.5. The van der Waals surface area contributed by atoms with E-state index < -0.39 is 0 Å². The fourth-order valence-electron chi connectivity index (χ4n) is 2.91. The first-order chi connectivity index (χ1) is 12.5. The lowest BCUT2D eigenvalue weighted by Crippen LogP contribution is -2.10. The van der Waals surface area contributed by atoms with Crippen molar-refractivity contribution in [1.82, 2.24) is 0 Å². The lowest BCUT2D eigenvalue weighted by Gasteiger charge is -2.16. The van der Waals surface area contributed by atoms with Crippen LogP contribution in [0.3, 0.4) is 0 Å². The van der Waals surface area contributed by atoms with E-state index in [1.807, 2.05) is 25.1 Å². The van der Waals surface area contributed by atoms with Gasteiger partial charge in [-0.05, 0) is 48.4 Å². The third-order valence-corrected chi connectivity index (χ3v) is 5.20. The number of esters is 1. The number of hydrogen-bond acceptors (Lipinski definition) is 3. The average Bonchev–Trinajstić information content (AvgIpc) is 3.47. The van der Waals surface area contributed by atoms with Gasteiger partial charge in [0.1, 0.15) is 18.1 Å². The van der Waals surface area contributed by atoms with Gasteiger partial charge in [0.05, 0.1) is 5.02 Å². The van der Waals surface area contributed by atoms with Crippen LogP contribution in [0.1, 0.15) is 55.7 Å². The number of halogens is 2. The summed E-state index contributed by atoms with van der Waals surface area (Å²) >= 11 is 12.6. The molecule has 1 fully saturated rings. The first-order valence-electron chi connectivity index (χ1n) is 8.96. The lowest BCUT2D eigenvalue weighted by atomic mass is 10.0. The van der Waals surface area contributed by atoms with Crippen LogP contribution in [0.15, 0.2) is 30.3 Å². The third kappa shape index (κ3) is 4.33. The van der Waals surface area contributed by atoms with E-state index in [9.17, 15) is 4.79 Å². The van der Waals surface area contributed by atoms with Gasteiger partial charge in [-0.3, -0.25) is 4.79 Å². The Balaban J connectivity index is 1.87. The maximum atomic E-state index is 11.8. The molecule has 0 heterocycles. The predicted octanol–water partition coefficient (Wildman–Crippen LogP) is 6.33. The molecule has 0 saturated heterocycles. The van der Waals surface area contributed by atoms with Crippen LogP contribution in [-0.4, -0.2) is 5.97 Å². The molecule has 1 aliphatic rings. The summed E-state index contributed by atoms with van der Waals surface area (Å²) in [4.78, 5) is 11.8. The molecule has 1 saturated carbocycles. The molecule has 0 aliphatic heterocycles. The standard InChI is InChI=1S/C21H22Cl2O3/c1-3-13-10-18(23)20(11-17(13)22)25-12-16-15(14-8-9-14)6-5-7-19(16)26-21(24)4-2/h5-7,10-11,14H,3-4,8-9,12H2,1-2H3. The fraction of sp³-hybridized carbons (Fsp3) is 0.381. The van der Waals surface area contributed by atoms with E-state index in [-0.39, 0.29) is 12.6 Å². The first-order valence-corrected chi connectivity index (χ1v) is 9.72. The van der Waals surface area contributed by atoms with Crippen molar-refractivity contribution in [2.45, 2.75) is 52.1 Å². The Kier molecular flexibility index (Phi) is 6.10. The Morgan fingerprint density at radius 2 is 1.88 bits per heavy atom. The second-order valence-electron chi connectivity index (χ2n) is 6.44. The number of benzene rings is 2. The molecule has 26 heavy (non-hydrogen) atoms. The summed E-state index contributed by atoms with van der Waals surface area (Å²) in [6.07, 6.45) is 3.43. The lowest BCUT2D eigenvalue weighted by molar-refractivity contribution is -0.134. The Labute approximate surface area is 164 Å². The van der Waals surface area contributed by atoms with E-state index in [1.165, 1.54) is 5.56 Å². The molecule has 0 spiro atoms. The number of carbonyl (C=O) groups excluding carboxylic acids is 1. The van der Waals surface area contributed by atoms with E-state index in [0.717, 1.165) is 30.4 Å². The van der Waals surface area contributed by atoms with Crippen LogP contribution in [0.2, 0.25) is 10.0 Å². The number of aryl methyl sites for hydroxylation is 1. The van der Waals surface area contributed by atoms with Gasteiger partial charge in [-0.15, -0.1) is 0 Å². The quantitative estimate of drug-likeness (QED) is 0.407. The average molecular weight is 393 g/mol. The minimum Gasteiger partial charge on any atom is -0.487 e. The minimum atomic E-state index is -0.257. The molecule has 2 aromatic rings. The Bertz CT molecular complexity index is 813. The monoisotopic (exact) mass is 392 g/mol. The van der Waals surface area contributed by atoms with Crippen molar-refractivity contribution in [3.05, 3.63) is 57.1 Å². The summed E-state index contributed by atoms with van der Waals surface area (Å²) in [5.41, 5.74) is 3.07. The summed E-state index contributed by atoms with van der Waals surface area (Å²) < 4.78 is 11.5. The Hall–Kier alpha value is -1.71. The van der Waals surface area contributed by atoms with Crippen molar-refractivity contribution in [3.63, 3.8) is 0 Å². The molecule has 0 radical (unpaired) electrons. The molecule has 0 aromatic heterocycles. The summed E-state index contributed by atoms with van der Waals surface area (Å²) in [7, 11) is 0. The number of hydrogen-bond donors (Lipinski definition) is 0. The highest BCUT2D eigenvalue weighted by Crippen LogP contribution is 2.44. The smallest absolute Gasteiger partial charge is 0.310 e. The van der Waals surface area contributed by atoms with Crippen LogP contribution in [0.25, 0.3) is 0 Å². The van der Waals surface area contributed by atoms with Crippen molar-refractivity contribution in [2.75, 3.05) is 0 Å². The molecule has 0 amide bonds. The maximum Gasteiger partial charge on any atom is 0.310 e.